The van der Waals surface area contributed by atoms with E-state index in [1.54, 1.807) is 13.8 Å². The molecule has 1 unspecified atom stereocenters. The lowest BCUT2D eigenvalue weighted by molar-refractivity contribution is 0.0102. The minimum atomic E-state index is -3.68. The van der Waals surface area contributed by atoms with E-state index in [4.69, 9.17) is 9.84 Å². The lowest BCUT2D eigenvalue weighted by atomic mass is 10.1. The van der Waals surface area contributed by atoms with E-state index in [0.717, 1.165) is 0 Å². The summed E-state index contributed by atoms with van der Waals surface area (Å²) in [5.41, 5.74) is 0.541. The van der Waals surface area contributed by atoms with Crippen LogP contribution in [-0.4, -0.2) is 49.6 Å². The number of carbonyl (C=O) groups is 1. The van der Waals surface area contributed by atoms with E-state index in [0.29, 0.717) is 12.2 Å². The normalized spacial score (nSPS) is 20.8. The molecule has 1 fully saturated rings. The molecule has 1 aliphatic heterocycles. The van der Waals surface area contributed by atoms with Crippen LogP contribution in [0.1, 0.15) is 22.8 Å². The molecule has 1 aliphatic rings. The van der Waals surface area contributed by atoms with Crippen LogP contribution in [0.5, 0.6) is 0 Å². The summed E-state index contributed by atoms with van der Waals surface area (Å²) in [6.07, 6.45) is -0.164. The van der Waals surface area contributed by atoms with E-state index in [-0.39, 0.29) is 29.7 Å². The number of carboxylic acids is 1. The first-order chi connectivity index (χ1) is 9.32. The van der Waals surface area contributed by atoms with Crippen molar-refractivity contribution >= 4 is 16.0 Å². The van der Waals surface area contributed by atoms with Gasteiger partial charge in [0.25, 0.3) is 0 Å². The molecule has 0 spiro atoms. The Balaban J connectivity index is 2.39. The average Bonchev–Trinajstić information content (AvgIpc) is 2.38. The Morgan fingerprint density at radius 3 is 2.75 bits per heavy atom. The second-order valence-electron chi connectivity index (χ2n) is 4.83. The Hall–Kier alpha value is -1.44. The summed E-state index contributed by atoms with van der Waals surface area (Å²) in [4.78, 5) is 11.1. The SMILES string of the molecule is Cc1ccc(S(=O)(=O)N2CCOC(C)C2)cc1C(=O)O. The van der Waals surface area contributed by atoms with Crippen molar-refractivity contribution in [3.63, 3.8) is 0 Å². The molecule has 6 nitrogen and oxygen atoms in total. The highest BCUT2D eigenvalue weighted by molar-refractivity contribution is 7.89. The summed E-state index contributed by atoms with van der Waals surface area (Å²) in [5, 5.41) is 9.08. The Kier molecular flexibility index (Phi) is 4.12. The maximum absolute atomic E-state index is 12.5. The number of rotatable bonds is 3. The molecule has 1 heterocycles. The Bertz CT molecular complexity index is 626. The third-order valence-corrected chi connectivity index (χ3v) is 5.14. The number of hydrogen-bond donors (Lipinski definition) is 1. The third kappa shape index (κ3) is 2.84. The minimum Gasteiger partial charge on any atom is -0.478 e. The molecular weight excluding hydrogens is 282 g/mol. The van der Waals surface area contributed by atoms with Crippen LogP contribution in [0.2, 0.25) is 0 Å². The molecule has 0 bridgehead atoms. The maximum Gasteiger partial charge on any atom is 0.335 e. The first-order valence-corrected chi connectivity index (χ1v) is 7.72. The van der Waals surface area contributed by atoms with Gasteiger partial charge in [0.1, 0.15) is 0 Å². The predicted molar refractivity (Wildman–Crippen MR) is 72.3 cm³/mol. The van der Waals surface area contributed by atoms with Gasteiger partial charge in [-0.3, -0.25) is 0 Å². The molecule has 0 aliphatic carbocycles. The number of nitrogens with zero attached hydrogens (tertiary/aromatic N) is 1. The average molecular weight is 299 g/mol. The number of carboxylic acid groups (broad SMARTS) is 1. The fourth-order valence-corrected chi connectivity index (χ4v) is 3.67. The standard InChI is InChI=1S/C13H17NO5S/c1-9-3-4-11(7-12(9)13(15)16)20(17,18)14-5-6-19-10(2)8-14/h3-4,7,10H,5-6,8H2,1-2H3,(H,15,16). The highest BCUT2D eigenvalue weighted by Gasteiger charge is 2.29. The molecular formula is C13H17NO5S. The minimum absolute atomic E-state index is 0.00684. The van der Waals surface area contributed by atoms with Crippen LogP contribution < -0.4 is 0 Å². The molecule has 0 radical (unpaired) electrons. The van der Waals surface area contributed by atoms with Crippen molar-refractivity contribution in [2.24, 2.45) is 0 Å². The number of sulfonamides is 1. The second kappa shape index (κ2) is 5.51. The van der Waals surface area contributed by atoms with E-state index in [2.05, 4.69) is 0 Å². The fraction of sp³-hybridized carbons (Fsp3) is 0.462. The van der Waals surface area contributed by atoms with Crippen molar-refractivity contribution in [1.29, 1.82) is 0 Å². The molecule has 1 saturated heterocycles. The zero-order valence-electron chi connectivity index (χ0n) is 11.4. The predicted octanol–water partition coefficient (Wildman–Crippen LogP) is 1.10. The summed E-state index contributed by atoms with van der Waals surface area (Å²) < 4.78 is 31.6. The Morgan fingerprint density at radius 2 is 2.15 bits per heavy atom. The molecule has 2 rings (SSSR count). The topological polar surface area (TPSA) is 83.9 Å². The van der Waals surface area contributed by atoms with Gasteiger partial charge < -0.3 is 9.84 Å². The van der Waals surface area contributed by atoms with Crippen LogP contribution in [-0.2, 0) is 14.8 Å². The maximum atomic E-state index is 12.5. The lowest BCUT2D eigenvalue weighted by Gasteiger charge is -2.30. The van der Waals surface area contributed by atoms with Gasteiger partial charge in [0.2, 0.25) is 10.0 Å². The van der Waals surface area contributed by atoms with Crippen LogP contribution in [0, 0.1) is 6.92 Å². The van der Waals surface area contributed by atoms with Crippen LogP contribution >= 0.6 is 0 Å². The number of benzene rings is 1. The zero-order chi connectivity index (χ0) is 14.9. The van der Waals surface area contributed by atoms with Crippen LogP contribution in [0.25, 0.3) is 0 Å². The van der Waals surface area contributed by atoms with E-state index in [1.165, 1.54) is 22.5 Å². The molecule has 110 valence electrons. The van der Waals surface area contributed by atoms with E-state index >= 15 is 0 Å². The van der Waals surface area contributed by atoms with Crippen molar-refractivity contribution in [3.05, 3.63) is 29.3 Å². The Labute approximate surface area is 118 Å². The van der Waals surface area contributed by atoms with Crippen LogP contribution in [0.3, 0.4) is 0 Å². The van der Waals surface area contributed by atoms with E-state index in [1.807, 2.05) is 0 Å². The summed E-state index contributed by atoms with van der Waals surface area (Å²) in [6, 6.07) is 4.17. The van der Waals surface area contributed by atoms with Crippen molar-refractivity contribution in [2.75, 3.05) is 19.7 Å². The van der Waals surface area contributed by atoms with Crippen molar-refractivity contribution < 1.29 is 23.1 Å². The van der Waals surface area contributed by atoms with Gasteiger partial charge in [-0.25, -0.2) is 13.2 Å². The number of aromatic carboxylic acids is 1. The van der Waals surface area contributed by atoms with Crippen molar-refractivity contribution in [2.45, 2.75) is 24.8 Å². The molecule has 1 N–H and O–H groups in total. The smallest absolute Gasteiger partial charge is 0.335 e. The summed E-state index contributed by atoms with van der Waals surface area (Å²) in [6.45, 7) is 4.34. The molecule has 0 aromatic heterocycles. The van der Waals surface area contributed by atoms with Crippen LogP contribution in [0.15, 0.2) is 23.1 Å². The number of morpholine rings is 1. The molecule has 0 saturated carbocycles. The zero-order valence-corrected chi connectivity index (χ0v) is 12.2. The van der Waals surface area contributed by atoms with Gasteiger partial charge >= 0.3 is 5.97 Å². The first kappa shape index (κ1) is 15.0. The van der Waals surface area contributed by atoms with Crippen molar-refractivity contribution in [1.82, 2.24) is 4.31 Å². The van der Waals surface area contributed by atoms with Crippen molar-refractivity contribution in [3.8, 4) is 0 Å². The van der Waals surface area contributed by atoms with E-state index in [9.17, 15) is 13.2 Å². The van der Waals surface area contributed by atoms with Gasteiger partial charge in [-0.05, 0) is 31.5 Å². The van der Waals surface area contributed by atoms with Gasteiger partial charge in [-0.2, -0.15) is 4.31 Å². The molecule has 0 amide bonds. The highest BCUT2D eigenvalue weighted by Crippen LogP contribution is 2.21. The van der Waals surface area contributed by atoms with Gasteiger partial charge in [0.05, 0.1) is 23.2 Å². The molecule has 1 aromatic rings. The largest absolute Gasteiger partial charge is 0.478 e. The summed E-state index contributed by atoms with van der Waals surface area (Å²) >= 11 is 0. The highest BCUT2D eigenvalue weighted by atomic mass is 32.2. The monoisotopic (exact) mass is 299 g/mol. The number of aryl methyl sites for hydroxylation is 1. The number of hydrogen-bond acceptors (Lipinski definition) is 4. The van der Waals surface area contributed by atoms with Gasteiger partial charge in [-0.1, -0.05) is 6.07 Å². The molecule has 7 heteroatoms. The quantitative estimate of drug-likeness (QED) is 0.903. The van der Waals surface area contributed by atoms with Gasteiger partial charge in [0, 0.05) is 13.1 Å². The van der Waals surface area contributed by atoms with Crippen LogP contribution in [0.4, 0.5) is 0 Å². The third-order valence-electron chi connectivity index (χ3n) is 3.28. The molecule has 1 atom stereocenters. The van der Waals surface area contributed by atoms with E-state index < -0.39 is 16.0 Å². The van der Waals surface area contributed by atoms with Gasteiger partial charge in [-0.15, -0.1) is 0 Å². The molecule has 20 heavy (non-hydrogen) atoms. The first-order valence-electron chi connectivity index (χ1n) is 6.28. The molecule has 1 aromatic carbocycles. The second-order valence-corrected chi connectivity index (χ2v) is 6.76. The number of ether oxygens (including phenoxy) is 1. The Morgan fingerprint density at radius 1 is 1.45 bits per heavy atom. The summed E-state index contributed by atoms with van der Waals surface area (Å²) in [5.74, 6) is -1.13. The summed E-state index contributed by atoms with van der Waals surface area (Å²) in [7, 11) is -3.68. The fourth-order valence-electron chi connectivity index (χ4n) is 2.15. The lowest BCUT2D eigenvalue weighted by Crippen LogP contribution is -2.44. The van der Waals surface area contributed by atoms with Gasteiger partial charge in [0.15, 0.2) is 0 Å².